The largest absolute Gasteiger partial charge is 0.463 e. The number of hydrogen-bond acceptors (Lipinski definition) is 5. The highest BCUT2D eigenvalue weighted by Gasteiger charge is 2.24. The Bertz CT molecular complexity index is 436. The molecule has 86 valence electrons. The molecule has 0 bridgehead atoms. The van der Waals surface area contributed by atoms with Crippen LogP contribution >= 0.6 is 0 Å². The Morgan fingerprint density at radius 2 is 2.31 bits per heavy atom. The minimum Gasteiger partial charge on any atom is -0.463 e. The Kier molecular flexibility index (Phi) is 2.98. The van der Waals surface area contributed by atoms with Crippen LogP contribution in [0.1, 0.15) is 26.1 Å². The zero-order valence-corrected chi connectivity index (χ0v) is 9.43. The molecule has 1 aliphatic rings. The number of tetrazole rings is 1. The van der Waals surface area contributed by atoms with E-state index >= 15 is 0 Å². The second kappa shape index (κ2) is 4.42. The summed E-state index contributed by atoms with van der Waals surface area (Å²) in [7, 11) is 0. The van der Waals surface area contributed by atoms with Gasteiger partial charge in [0.25, 0.3) is 0 Å². The number of nitrogens with zero attached hydrogens (tertiary/aromatic N) is 4. The minimum atomic E-state index is -0.250. The van der Waals surface area contributed by atoms with Crippen LogP contribution in [0.3, 0.4) is 0 Å². The maximum absolute atomic E-state index is 11.7. The van der Waals surface area contributed by atoms with Crippen LogP contribution in [0, 0.1) is 0 Å². The molecular formula is C10H14N4O2. The first-order valence-electron chi connectivity index (χ1n) is 5.39. The highest BCUT2D eigenvalue weighted by molar-refractivity contribution is 5.89. The SMILES string of the molecule is CCOC(=O)C1=C(CC)Cc2nnnn2C1. The quantitative estimate of drug-likeness (QED) is 0.696. The molecule has 0 amide bonds. The summed E-state index contributed by atoms with van der Waals surface area (Å²) < 4.78 is 6.67. The first-order chi connectivity index (χ1) is 7.76. The van der Waals surface area contributed by atoms with Crippen LogP contribution in [0.25, 0.3) is 0 Å². The fourth-order valence-electron chi connectivity index (χ4n) is 1.80. The number of allylic oxidation sites excluding steroid dienone is 1. The number of esters is 1. The number of carbonyl (C=O) groups excluding carboxylic acids is 1. The van der Waals surface area contributed by atoms with Crippen molar-refractivity contribution in [1.29, 1.82) is 0 Å². The van der Waals surface area contributed by atoms with Gasteiger partial charge in [-0.25, -0.2) is 9.48 Å². The number of ether oxygens (including phenoxy) is 1. The molecule has 6 nitrogen and oxygen atoms in total. The van der Waals surface area contributed by atoms with Crippen molar-refractivity contribution in [3.05, 3.63) is 17.0 Å². The van der Waals surface area contributed by atoms with Gasteiger partial charge in [0.2, 0.25) is 0 Å². The van der Waals surface area contributed by atoms with Gasteiger partial charge in [-0.15, -0.1) is 5.10 Å². The predicted octanol–water partition coefficient (Wildman–Crippen LogP) is 0.499. The van der Waals surface area contributed by atoms with Gasteiger partial charge in [-0.05, 0) is 23.8 Å². The lowest BCUT2D eigenvalue weighted by Gasteiger charge is -2.18. The maximum atomic E-state index is 11.7. The number of aromatic nitrogens is 4. The number of rotatable bonds is 3. The lowest BCUT2D eigenvalue weighted by Crippen LogP contribution is -2.22. The second-order valence-electron chi connectivity index (χ2n) is 3.59. The molecular weight excluding hydrogens is 208 g/mol. The Labute approximate surface area is 93.3 Å². The van der Waals surface area contributed by atoms with E-state index in [-0.39, 0.29) is 5.97 Å². The van der Waals surface area contributed by atoms with Gasteiger partial charge in [0.15, 0.2) is 5.82 Å². The summed E-state index contributed by atoms with van der Waals surface area (Å²) in [6, 6.07) is 0. The summed E-state index contributed by atoms with van der Waals surface area (Å²) in [6.07, 6.45) is 1.46. The monoisotopic (exact) mass is 222 g/mol. The van der Waals surface area contributed by atoms with Crippen molar-refractivity contribution in [2.45, 2.75) is 33.2 Å². The lowest BCUT2D eigenvalue weighted by molar-refractivity contribution is -0.138. The normalized spacial score (nSPS) is 14.9. The van der Waals surface area contributed by atoms with Crippen LogP contribution < -0.4 is 0 Å². The third-order valence-corrected chi connectivity index (χ3v) is 2.66. The van der Waals surface area contributed by atoms with E-state index in [0.29, 0.717) is 25.1 Å². The fraction of sp³-hybridized carbons (Fsp3) is 0.600. The van der Waals surface area contributed by atoms with E-state index in [1.807, 2.05) is 6.92 Å². The second-order valence-corrected chi connectivity index (χ2v) is 3.59. The van der Waals surface area contributed by atoms with E-state index in [1.54, 1.807) is 11.6 Å². The maximum Gasteiger partial charge on any atom is 0.335 e. The Balaban J connectivity index is 2.27. The Hall–Kier alpha value is -1.72. The third kappa shape index (κ3) is 1.82. The van der Waals surface area contributed by atoms with E-state index in [0.717, 1.165) is 17.8 Å². The van der Waals surface area contributed by atoms with Gasteiger partial charge in [-0.2, -0.15) is 0 Å². The Morgan fingerprint density at radius 1 is 1.50 bits per heavy atom. The molecule has 0 saturated heterocycles. The minimum absolute atomic E-state index is 0.250. The topological polar surface area (TPSA) is 69.9 Å². The van der Waals surface area contributed by atoms with Crippen LogP contribution in [0.5, 0.6) is 0 Å². The van der Waals surface area contributed by atoms with Crippen LogP contribution in [-0.2, 0) is 22.5 Å². The predicted molar refractivity (Wildman–Crippen MR) is 55.5 cm³/mol. The van der Waals surface area contributed by atoms with Gasteiger partial charge < -0.3 is 4.74 Å². The van der Waals surface area contributed by atoms with Crippen LogP contribution in [0.15, 0.2) is 11.1 Å². The van der Waals surface area contributed by atoms with Gasteiger partial charge in [-0.1, -0.05) is 12.5 Å². The molecule has 2 rings (SSSR count). The van der Waals surface area contributed by atoms with Crippen molar-refractivity contribution in [2.75, 3.05) is 6.61 Å². The molecule has 1 aromatic heterocycles. The van der Waals surface area contributed by atoms with Crippen LogP contribution in [0.4, 0.5) is 0 Å². The van der Waals surface area contributed by atoms with Crippen LogP contribution in [-0.4, -0.2) is 32.8 Å². The van der Waals surface area contributed by atoms with E-state index < -0.39 is 0 Å². The van der Waals surface area contributed by atoms with Gasteiger partial charge in [-0.3, -0.25) is 0 Å². The molecule has 2 heterocycles. The average molecular weight is 222 g/mol. The van der Waals surface area contributed by atoms with Crippen molar-refractivity contribution in [2.24, 2.45) is 0 Å². The lowest BCUT2D eigenvalue weighted by atomic mass is 9.99. The standard InChI is InChI=1S/C10H14N4O2/c1-3-7-5-9-11-12-13-14(9)6-8(7)10(15)16-4-2/h3-6H2,1-2H3. The molecule has 0 N–H and O–H groups in total. The van der Waals surface area contributed by atoms with Crippen LogP contribution in [0.2, 0.25) is 0 Å². The van der Waals surface area contributed by atoms with Crippen molar-refractivity contribution < 1.29 is 9.53 Å². The molecule has 1 aromatic rings. The zero-order valence-electron chi connectivity index (χ0n) is 9.43. The molecule has 0 unspecified atom stereocenters. The molecule has 0 spiro atoms. The first-order valence-corrected chi connectivity index (χ1v) is 5.39. The van der Waals surface area contributed by atoms with Gasteiger partial charge in [0.05, 0.1) is 18.7 Å². The smallest absolute Gasteiger partial charge is 0.335 e. The summed E-state index contributed by atoms with van der Waals surface area (Å²) >= 11 is 0. The summed E-state index contributed by atoms with van der Waals surface area (Å²) in [5, 5.41) is 11.3. The number of carbonyl (C=O) groups is 1. The van der Waals surface area contributed by atoms with Gasteiger partial charge >= 0.3 is 5.97 Å². The van der Waals surface area contributed by atoms with Crippen molar-refractivity contribution >= 4 is 5.97 Å². The zero-order chi connectivity index (χ0) is 11.5. The molecule has 0 fully saturated rings. The summed E-state index contributed by atoms with van der Waals surface area (Å²) in [6.45, 7) is 4.63. The Morgan fingerprint density at radius 3 is 3.00 bits per heavy atom. The third-order valence-electron chi connectivity index (χ3n) is 2.66. The number of hydrogen-bond donors (Lipinski definition) is 0. The molecule has 1 aliphatic heterocycles. The summed E-state index contributed by atoms with van der Waals surface area (Å²) in [5.41, 5.74) is 1.77. The van der Waals surface area contributed by atoms with Crippen molar-refractivity contribution in [1.82, 2.24) is 20.2 Å². The van der Waals surface area contributed by atoms with Gasteiger partial charge in [0.1, 0.15) is 0 Å². The summed E-state index contributed by atoms with van der Waals surface area (Å²) in [4.78, 5) is 11.7. The number of fused-ring (bicyclic) bond motifs is 1. The first kappa shape index (κ1) is 10.8. The highest BCUT2D eigenvalue weighted by atomic mass is 16.5. The summed E-state index contributed by atoms with van der Waals surface area (Å²) in [5.74, 6) is 0.561. The average Bonchev–Trinajstić information content (AvgIpc) is 2.74. The molecule has 0 aliphatic carbocycles. The molecule has 0 aromatic carbocycles. The van der Waals surface area contributed by atoms with E-state index in [2.05, 4.69) is 15.5 Å². The van der Waals surface area contributed by atoms with Crippen molar-refractivity contribution in [3.63, 3.8) is 0 Å². The fourth-order valence-corrected chi connectivity index (χ4v) is 1.80. The molecule has 16 heavy (non-hydrogen) atoms. The molecule has 0 saturated carbocycles. The molecule has 0 radical (unpaired) electrons. The van der Waals surface area contributed by atoms with E-state index in [1.165, 1.54) is 0 Å². The van der Waals surface area contributed by atoms with E-state index in [4.69, 9.17) is 4.74 Å². The molecule has 0 atom stereocenters. The highest BCUT2D eigenvalue weighted by Crippen LogP contribution is 2.21. The molecule has 6 heteroatoms. The van der Waals surface area contributed by atoms with Crippen molar-refractivity contribution in [3.8, 4) is 0 Å². The van der Waals surface area contributed by atoms with E-state index in [9.17, 15) is 4.79 Å². The van der Waals surface area contributed by atoms with Gasteiger partial charge in [0, 0.05) is 6.42 Å².